The van der Waals surface area contributed by atoms with Crippen LogP contribution in [0.4, 0.5) is 4.39 Å². The topological polar surface area (TPSA) is 28.7 Å². The van der Waals surface area contributed by atoms with Crippen molar-refractivity contribution in [3.8, 4) is 6.07 Å². The zero-order chi connectivity index (χ0) is 12.7. The van der Waals surface area contributed by atoms with Crippen molar-refractivity contribution >= 4 is 10.9 Å². The molecule has 0 N–H and O–H groups in total. The van der Waals surface area contributed by atoms with Crippen LogP contribution in [0.2, 0.25) is 0 Å². The molecule has 0 amide bonds. The number of halogens is 1. The molecule has 2 nitrogen and oxygen atoms in total. The fourth-order valence-corrected chi connectivity index (χ4v) is 2.95. The highest BCUT2D eigenvalue weighted by Crippen LogP contribution is 2.34. The maximum atomic E-state index is 13.6. The van der Waals surface area contributed by atoms with E-state index in [2.05, 4.69) is 10.6 Å². The molecule has 1 aliphatic rings. The first kappa shape index (κ1) is 11.3. The van der Waals surface area contributed by atoms with Crippen molar-refractivity contribution in [2.45, 2.75) is 38.6 Å². The van der Waals surface area contributed by atoms with Gasteiger partial charge in [-0.1, -0.05) is 12.8 Å². The van der Waals surface area contributed by atoms with Gasteiger partial charge >= 0.3 is 0 Å². The Morgan fingerprint density at radius 3 is 2.72 bits per heavy atom. The lowest BCUT2D eigenvalue weighted by molar-refractivity contribution is 0.535. The Morgan fingerprint density at radius 2 is 2.06 bits per heavy atom. The van der Waals surface area contributed by atoms with Crippen LogP contribution in [-0.4, -0.2) is 4.57 Å². The number of benzene rings is 1. The van der Waals surface area contributed by atoms with E-state index in [-0.39, 0.29) is 5.82 Å². The number of rotatable bonds is 1. The fraction of sp³-hybridized carbons (Fsp3) is 0.400. The number of fused-ring (bicyclic) bond motifs is 1. The van der Waals surface area contributed by atoms with Crippen LogP contribution >= 0.6 is 0 Å². The lowest BCUT2D eigenvalue weighted by Crippen LogP contribution is -2.02. The Hall–Kier alpha value is -1.82. The highest BCUT2D eigenvalue weighted by molar-refractivity contribution is 5.87. The van der Waals surface area contributed by atoms with E-state index in [9.17, 15) is 4.39 Å². The van der Waals surface area contributed by atoms with Crippen LogP contribution in [0.15, 0.2) is 18.3 Å². The van der Waals surface area contributed by atoms with Crippen molar-refractivity contribution in [1.82, 2.24) is 4.57 Å². The molecular weight excluding hydrogens is 227 g/mol. The molecule has 92 valence electrons. The maximum absolute atomic E-state index is 13.6. The van der Waals surface area contributed by atoms with Crippen molar-refractivity contribution < 1.29 is 4.39 Å². The van der Waals surface area contributed by atoms with Gasteiger partial charge in [0.1, 0.15) is 11.9 Å². The molecule has 0 unspecified atom stereocenters. The summed E-state index contributed by atoms with van der Waals surface area (Å²) < 4.78 is 15.8. The third-order valence-corrected chi connectivity index (χ3v) is 3.95. The standard InChI is InChI=1S/C15H15FN2/c1-10-6-15-13(7-14(10)16)11(8-17)9-18(15)12-4-2-3-5-12/h6-7,9,12H,2-5H2,1H3. The minimum atomic E-state index is -0.233. The van der Waals surface area contributed by atoms with E-state index in [0.717, 1.165) is 23.7 Å². The fourth-order valence-electron chi connectivity index (χ4n) is 2.95. The number of nitrogens with zero attached hydrogens (tertiary/aromatic N) is 2. The molecule has 0 spiro atoms. The second-order valence-electron chi connectivity index (χ2n) is 5.12. The Labute approximate surface area is 106 Å². The Morgan fingerprint density at radius 1 is 1.33 bits per heavy atom. The number of hydrogen-bond acceptors (Lipinski definition) is 1. The minimum Gasteiger partial charge on any atom is -0.343 e. The largest absolute Gasteiger partial charge is 0.343 e. The molecule has 1 aromatic carbocycles. The smallest absolute Gasteiger partial charge is 0.126 e. The lowest BCUT2D eigenvalue weighted by Gasteiger charge is -2.13. The molecular formula is C15H15FN2. The van der Waals surface area contributed by atoms with Crippen LogP contribution in [-0.2, 0) is 0 Å². The molecule has 1 aromatic heterocycles. The summed E-state index contributed by atoms with van der Waals surface area (Å²) >= 11 is 0. The average Bonchev–Trinajstić information content (AvgIpc) is 2.97. The summed E-state index contributed by atoms with van der Waals surface area (Å²) in [5.74, 6) is -0.233. The van der Waals surface area contributed by atoms with Gasteiger partial charge in [0.2, 0.25) is 0 Å². The molecule has 1 heterocycles. The third kappa shape index (κ3) is 1.60. The first-order valence-electron chi connectivity index (χ1n) is 6.41. The summed E-state index contributed by atoms with van der Waals surface area (Å²) in [6.45, 7) is 1.77. The Bertz CT molecular complexity index is 643. The normalized spacial score (nSPS) is 16.3. The molecule has 1 aliphatic carbocycles. The number of hydrogen-bond donors (Lipinski definition) is 0. The van der Waals surface area contributed by atoms with E-state index >= 15 is 0 Å². The SMILES string of the molecule is Cc1cc2c(cc1F)c(C#N)cn2C1CCCC1. The summed E-state index contributed by atoms with van der Waals surface area (Å²) in [4.78, 5) is 0. The van der Waals surface area contributed by atoms with Gasteiger partial charge in [0.05, 0.1) is 11.1 Å². The van der Waals surface area contributed by atoms with Crippen LogP contribution in [0.1, 0.15) is 42.9 Å². The van der Waals surface area contributed by atoms with Crippen molar-refractivity contribution in [3.63, 3.8) is 0 Å². The van der Waals surface area contributed by atoms with Gasteiger partial charge in [0.15, 0.2) is 0 Å². The molecule has 0 aliphatic heterocycles. The van der Waals surface area contributed by atoms with E-state index in [4.69, 9.17) is 5.26 Å². The lowest BCUT2D eigenvalue weighted by atomic mass is 10.1. The summed E-state index contributed by atoms with van der Waals surface area (Å²) in [6.07, 6.45) is 6.69. The van der Waals surface area contributed by atoms with Gasteiger partial charge in [-0.05, 0) is 37.5 Å². The van der Waals surface area contributed by atoms with Crippen LogP contribution in [0, 0.1) is 24.1 Å². The Balaban J connectivity index is 2.26. The van der Waals surface area contributed by atoms with Gasteiger partial charge in [-0.3, -0.25) is 0 Å². The molecule has 3 heteroatoms. The van der Waals surface area contributed by atoms with Gasteiger partial charge in [-0.15, -0.1) is 0 Å². The van der Waals surface area contributed by atoms with Gasteiger partial charge in [0, 0.05) is 17.6 Å². The summed E-state index contributed by atoms with van der Waals surface area (Å²) in [6, 6.07) is 6.00. The number of nitriles is 1. The molecule has 0 saturated heterocycles. The van der Waals surface area contributed by atoms with Gasteiger partial charge in [0.25, 0.3) is 0 Å². The second-order valence-corrected chi connectivity index (χ2v) is 5.12. The molecule has 1 fully saturated rings. The Kier molecular flexibility index (Phi) is 2.59. The molecule has 3 rings (SSSR count). The van der Waals surface area contributed by atoms with Gasteiger partial charge < -0.3 is 4.57 Å². The molecule has 0 atom stereocenters. The van der Waals surface area contributed by atoms with Crippen molar-refractivity contribution in [2.24, 2.45) is 0 Å². The van der Waals surface area contributed by atoms with E-state index in [1.165, 1.54) is 18.9 Å². The van der Waals surface area contributed by atoms with Crippen LogP contribution in [0.5, 0.6) is 0 Å². The van der Waals surface area contributed by atoms with E-state index in [1.54, 1.807) is 6.92 Å². The van der Waals surface area contributed by atoms with Crippen LogP contribution in [0.3, 0.4) is 0 Å². The predicted molar refractivity (Wildman–Crippen MR) is 68.9 cm³/mol. The summed E-state index contributed by atoms with van der Waals surface area (Å²) in [7, 11) is 0. The van der Waals surface area contributed by atoms with E-state index in [0.29, 0.717) is 17.2 Å². The zero-order valence-electron chi connectivity index (χ0n) is 10.4. The van der Waals surface area contributed by atoms with E-state index < -0.39 is 0 Å². The number of aryl methyl sites for hydroxylation is 1. The first-order chi connectivity index (χ1) is 8.70. The quantitative estimate of drug-likeness (QED) is 0.740. The molecule has 1 saturated carbocycles. The second kappa shape index (κ2) is 4.13. The highest BCUT2D eigenvalue weighted by Gasteiger charge is 2.20. The third-order valence-electron chi connectivity index (χ3n) is 3.95. The molecule has 18 heavy (non-hydrogen) atoms. The van der Waals surface area contributed by atoms with Gasteiger partial charge in [-0.25, -0.2) is 4.39 Å². The monoisotopic (exact) mass is 242 g/mol. The van der Waals surface area contributed by atoms with E-state index in [1.807, 2.05) is 12.3 Å². The average molecular weight is 242 g/mol. The molecule has 0 bridgehead atoms. The van der Waals surface area contributed by atoms with Gasteiger partial charge in [-0.2, -0.15) is 5.26 Å². The van der Waals surface area contributed by atoms with Crippen LogP contribution in [0.25, 0.3) is 10.9 Å². The highest BCUT2D eigenvalue weighted by atomic mass is 19.1. The molecule has 0 radical (unpaired) electrons. The zero-order valence-corrected chi connectivity index (χ0v) is 10.4. The van der Waals surface area contributed by atoms with Crippen LogP contribution < -0.4 is 0 Å². The summed E-state index contributed by atoms with van der Waals surface area (Å²) in [5.41, 5.74) is 2.22. The predicted octanol–water partition coefficient (Wildman–Crippen LogP) is 4.08. The van der Waals surface area contributed by atoms with Crippen molar-refractivity contribution in [3.05, 3.63) is 35.3 Å². The van der Waals surface area contributed by atoms with Crippen molar-refractivity contribution in [2.75, 3.05) is 0 Å². The molecule has 2 aromatic rings. The maximum Gasteiger partial charge on any atom is 0.126 e. The minimum absolute atomic E-state index is 0.233. The first-order valence-corrected chi connectivity index (χ1v) is 6.41. The summed E-state index contributed by atoms with van der Waals surface area (Å²) in [5, 5.41) is 9.91. The number of aromatic nitrogens is 1. The van der Waals surface area contributed by atoms with Crippen molar-refractivity contribution in [1.29, 1.82) is 5.26 Å².